The van der Waals surface area contributed by atoms with Gasteiger partial charge in [0.05, 0.1) is 6.54 Å². The van der Waals surface area contributed by atoms with Crippen molar-refractivity contribution in [3.63, 3.8) is 0 Å². The van der Waals surface area contributed by atoms with Gasteiger partial charge in [-0.3, -0.25) is 4.90 Å². The van der Waals surface area contributed by atoms with Crippen LogP contribution in [0.2, 0.25) is 0 Å². The zero-order valence-electron chi connectivity index (χ0n) is 15.1. The van der Waals surface area contributed by atoms with E-state index in [1.165, 1.54) is 11.3 Å². The lowest BCUT2D eigenvalue weighted by molar-refractivity contribution is 0.224. The van der Waals surface area contributed by atoms with Gasteiger partial charge in [-0.25, -0.2) is 9.97 Å². The highest BCUT2D eigenvalue weighted by Crippen LogP contribution is 2.26. The Bertz CT molecular complexity index is 902. The summed E-state index contributed by atoms with van der Waals surface area (Å²) < 4.78 is 7.13. The smallest absolute Gasteiger partial charge is 0.134 e. The molecule has 2 aromatic heterocycles. The fourth-order valence-electron chi connectivity index (χ4n) is 3.26. The minimum atomic E-state index is 0.374. The van der Waals surface area contributed by atoms with Crippen molar-refractivity contribution in [2.24, 2.45) is 0 Å². The zero-order chi connectivity index (χ0) is 18.1. The number of benzene rings is 1. The van der Waals surface area contributed by atoms with Crippen LogP contribution in [-0.2, 0) is 19.5 Å². The molecule has 0 bridgehead atoms. The van der Waals surface area contributed by atoms with Crippen molar-refractivity contribution in [2.75, 3.05) is 6.54 Å². The van der Waals surface area contributed by atoms with Crippen LogP contribution in [0, 0.1) is 0 Å². The fraction of sp³-hybridized carbons (Fsp3) is 0.333. The Labute approximate surface area is 162 Å². The second-order valence-corrected chi connectivity index (χ2v) is 8.00. The molecule has 3 aromatic rings. The number of aromatic nitrogens is 2. The summed E-state index contributed by atoms with van der Waals surface area (Å²) in [4.78, 5) is 11.7. The van der Waals surface area contributed by atoms with Crippen molar-refractivity contribution in [3.8, 4) is 11.3 Å². The van der Waals surface area contributed by atoms with E-state index >= 15 is 0 Å². The molecular weight excluding hydrogens is 390 g/mol. The van der Waals surface area contributed by atoms with E-state index in [-0.39, 0.29) is 0 Å². The molecule has 4 nitrogen and oxygen atoms in total. The molecule has 134 valence electrons. The van der Waals surface area contributed by atoms with Gasteiger partial charge in [-0.2, -0.15) is 0 Å². The van der Waals surface area contributed by atoms with Gasteiger partial charge in [0, 0.05) is 52.9 Å². The van der Waals surface area contributed by atoms with Crippen LogP contribution in [0.1, 0.15) is 42.6 Å². The van der Waals surface area contributed by atoms with Crippen molar-refractivity contribution in [3.05, 3.63) is 69.9 Å². The highest BCUT2D eigenvalue weighted by atomic mass is 79.9. The molecule has 1 aliphatic heterocycles. The molecule has 3 heterocycles. The number of furan rings is 1. The van der Waals surface area contributed by atoms with Crippen LogP contribution in [0.4, 0.5) is 0 Å². The average Bonchev–Trinajstić information content (AvgIpc) is 3.10. The normalized spacial score (nSPS) is 14.6. The fourth-order valence-corrected chi connectivity index (χ4v) is 3.52. The van der Waals surface area contributed by atoms with Gasteiger partial charge >= 0.3 is 0 Å². The molecular formula is C21H22BrN3O. The van der Waals surface area contributed by atoms with E-state index in [2.05, 4.69) is 63.9 Å². The quantitative estimate of drug-likeness (QED) is 0.592. The molecule has 0 saturated heterocycles. The summed E-state index contributed by atoms with van der Waals surface area (Å²) in [7, 11) is 0. The number of rotatable bonds is 4. The lowest BCUT2D eigenvalue weighted by Crippen LogP contribution is -2.31. The van der Waals surface area contributed by atoms with Crippen molar-refractivity contribution >= 4 is 15.9 Å². The maximum Gasteiger partial charge on any atom is 0.134 e. The predicted molar refractivity (Wildman–Crippen MR) is 106 cm³/mol. The van der Waals surface area contributed by atoms with Crippen LogP contribution < -0.4 is 0 Å². The van der Waals surface area contributed by atoms with Crippen LogP contribution in [0.25, 0.3) is 11.3 Å². The molecule has 0 spiro atoms. The Morgan fingerprint density at radius 2 is 1.96 bits per heavy atom. The molecule has 1 aromatic carbocycles. The summed E-state index contributed by atoms with van der Waals surface area (Å²) in [5.74, 6) is 3.22. The molecule has 0 amide bonds. The lowest BCUT2D eigenvalue weighted by Gasteiger charge is -2.27. The van der Waals surface area contributed by atoms with E-state index in [0.717, 1.165) is 53.4 Å². The third-order valence-corrected chi connectivity index (χ3v) is 5.25. The second-order valence-electron chi connectivity index (χ2n) is 7.09. The van der Waals surface area contributed by atoms with Crippen molar-refractivity contribution in [1.82, 2.24) is 14.9 Å². The maximum atomic E-state index is 6.06. The number of nitrogens with zero attached hydrogens (tertiary/aromatic N) is 3. The SMILES string of the molecule is CC(C)c1ncc2c(n1)CCN(Cc1ccc(-c3ccc(Br)cc3)o1)C2. The summed E-state index contributed by atoms with van der Waals surface area (Å²) in [6.45, 7) is 6.95. The number of fused-ring (bicyclic) bond motifs is 1. The summed E-state index contributed by atoms with van der Waals surface area (Å²) >= 11 is 3.47. The van der Waals surface area contributed by atoms with E-state index in [0.29, 0.717) is 5.92 Å². The molecule has 0 saturated carbocycles. The van der Waals surface area contributed by atoms with Gasteiger partial charge in [-0.15, -0.1) is 0 Å². The minimum Gasteiger partial charge on any atom is -0.460 e. The van der Waals surface area contributed by atoms with Crippen LogP contribution in [0.15, 0.2) is 51.5 Å². The van der Waals surface area contributed by atoms with Gasteiger partial charge in [-0.1, -0.05) is 41.9 Å². The van der Waals surface area contributed by atoms with E-state index in [9.17, 15) is 0 Å². The zero-order valence-corrected chi connectivity index (χ0v) is 16.7. The van der Waals surface area contributed by atoms with Crippen molar-refractivity contribution < 1.29 is 4.42 Å². The Kier molecular flexibility index (Phi) is 4.92. The van der Waals surface area contributed by atoms with Gasteiger partial charge in [-0.05, 0) is 24.3 Å². The molecule has 26 heavy (non-hydrogen) atoms. The molecule has 0 N–H and O–H groups in total. The van der Waals surface area contributed by atoms with Gasteiger partial charge < -0.3 is 4.42 Å². The standard InChI is InChI=1S/C21H22BrN3O/c1-14(2)21-23-11-16-12-25(10-9-19(16)24-21)13-18-7-8-20(26-18)15-3-5-17(22)6-4-15/h3-8,11,14H,9-10,12-13H2,1-2H3. The van der Waals surface area contributed by atoms with E-state index in [1.54, 1.807) is 0 Å². The topological polar surface area (TPSA) is 42.2 Å². The Balaban J connectivity index is 1.45. The van der Waals surface area contributed by atoms with Crippen molar-refractivity contribution in [2.45, 2.75) is 39.3 Å². The number of hydrogen-bond donors (Lipinski definition) is 0. The van der Waals surface area contributed by atoms with Crippen LogP contribution in [-0.4, -0.2) is 21.4 Å². The third kappa shape index (κ3) is 3.74. The molecule has 0 unspecified atom stereocenters. The molecule has 0 atom stereocenters. The van der Waals surface area contributed by atoms with Crippen molar-refractivity contribution in [1.29, 1.82) is 0 Å². The summed E-state index contributed by atoms with van der Waals surface area (Å²) in [6, 6.07) is 12.3. The number of halogens is 1. The summed E-state index contributed by atoms with van der Waals surface area (Å²) in [5, 5.41) is 0. The van der Waals surface area contributed by atoms with E-state index < -0.39 is 0 Å². The van der Waals surface area contributed by atoms with Crippen LogP contribution >= 0.6 is 15.9 Å². The van der Waals surface area contributed by atoms with E-state index in [4.69, 9.17) is 9.40 Å². The predicted octanol–water partition coefficient (Wildman–Crippen LogP) is 5.18. The maximum absolute atomic E-state index is 6.06. The first-order valence-corrected chi connectivity index (χ1v) is 9.79. The average molecular weight is 412 g/mol. The Morgan fingerprint density at radius 1 is 1.15 bits per heavy atom. The van der Waals surface area contributed by atoms with Crippen LogP contribution in [0.5, 0.6) is 0 Å². The molecule has 4 rings (SSSR count). The first kappa shape index (κ1) is 17.4. The van der Waals surface area contributed by atoms with Crippen LogP contribution in [0.3, 0.4) is 0 Å². The largest absolute Gasteiger partial charge is 0.460 e. The molecule has 5 heteroatoms. The summed E-state index contributed by atoms with van der Waals surface area (Å²) in [6.07, 6.45) is 2.97. The second kappa shape index (κ2) is 7.33. The van der Waals surface area contributed by atoms with Gasteiger partial charge in [0.15, 0.2) is 0 Å². The Morgan fingerprint density at radius 3 is 2.73 bits per heavy atom. The first-order chi connectivity index (χ1) is 12.6. The molecule has 0 fully saturated rings. The Hall–Kier alpha value is -1.98. The van der Waals surface area contributed by atoms with Gasteiger partial charge in [0.25, 0.3) is 0 Å². The minimum absolute atomic E-state index is 0.374. The number of hydrogen-bond acceptors (Lipinski definition) is 4. The highest BCUT2D eigenvalue weighted by molar-refractivity contribution is 9.10. The van der Waals surface area contributed by atoms with Gasteiger partial charge in [0.2, 0.25) is 0 Å². The molecule has 0 radical (unpaired) electrons. The molecule has 1 aliphatic rings. The summed E-state index contributed by atoms with van der Waals surface area (Å²) in [5.41, 5.74) is 3.54. The lowest BCUT2D eigenvalue weighted by atomic mass is 10.1. The van der Waals surface area contributed by atoms with Gasteiger partial charge in [0.1, 0.15) is 17.3 Å². The monoisotopic (exact) mass is 411 g/mol. The third-order valence-electron chi connectivity index (χ3n) is 4.72. The highest BCUT2D eigenvalue weighted by Gasteiger charge is 2.20. The molecule has 0 aliphatic carbocycles. The first-order valence-electron chi connectivity index (χ1n) is 9.00. The van der Waals surface area contributed by atoms with E-state index in [1.807, 2.05) is 18.3 Å².